The average molecular weight is 250 g/mol. The second-order valence-corrected chi connectivity index (χ2v) is 5.13. The minimum Gasteiger partial charge on any atom is -0.396 e. The van der Waals surface area contributed by atoms with Crippen LogP contribution in [-0.2, 0) is 0 Å². The molecule has 3 N–H and O–H groups in total. The number of thiophene rings is 1. The summed E-state index contributed by atoms with van der Waals surface area (Å²) in [5, 5.41) is 8.69. The lowest BCUT2D eigenvalue weighted by atomic mass is 10.2. The third-order valence-corrected chi connectivity index (χ3v) is 3.95. The number of hydrogen-bond acceptors (Lipinski definition) is 3. The van der Waals surface area contributed by atoms with E-state index < -0.39 is 0 Å². The smallest absolute Gasteiger partial charge is 0.0731 e. The highest BCUT2D eigenvalue weighted by Crippen LogP contribution is 2.31. The topological polar surface area (TPSA) is 46.2 Å². The molecular formula is C8H12BrNOS. The van der Waals surface area contributed by atoms with Crippen LogP contribution in [0, 0.1) is 6.92 Å². The summed E-state index contributed by atoms with van der Waals surface area (Å²) in [4.78, 5) is 1.13. The van der Waals surface area contributed by atoms with Gasteiger partial charge in [0.2, 0.25) is 0 Å². The van der Waals surface area contributed by atoms with E-state index >= 15 is 0 Å². The SMILES string of the molecule is Cc1cc([C@@H](N)CCO)sc1Br. The summed E-state index contributed by atoms with van der Waals surface area (Å²) in [5.74, 6) is 0. The van der Waals surface area contributed by atoms with Crippen molar-refractivity contribution in [2.75, 3.05) is 6.61 Å². The number of rotatable bonds is 3. The fourth-order valence-electron chi connectivity index (χ4n) is 0.948. The van der Waals surface area contributed by atoms with Crippen molar-refractivity contribution in [2.45, 2.75) is 19.4 Å². The maximum Gasteiger partial charge on any atom is 0.0731 e. The quantitative estimate of drug-likeness (QED) is 0.863. The van der Waals surface area contributed by atoms with Gasteiger partial charge in [0, 0.05) is 17.5 Å². The minimum atomic E-state index is -0.0231. The van der Waals surface area contributed by atoms with Crippen LogP contribution in [0.3, 0.4) is 0 Å². The van der Waals surface area contributed by atoms with Crippen LogP contribution in [-0.4, -0.2) is 11.7 Å². The molecule has 1 rings (SSSR count). The van der Waals surface area contributed by atoms with Gasteiger partial charge in [0.25, 0.3) is 0 Å². The molecule has 2 nitrogen and oxygen atoms in total. The molecule has 0 unspecified atom stereocenters. The Labute approximate surface area is 84.5 Å². The lowest BCUT2D eigenvalue weighted by molar-refractivity contribution is 0.277. The van der Waals surface area contributed by atoms with Gasteiger partial charge in [0.05, 0.1) is 3.79 Å². The normalized spacial score (nSPS) is 13.3. The maximum atomic E-state index is 8.69. The first-order valence-electron chi connectivity index (χ1n) is 3.77. The van der Waals surface area contributed by atoms with E-state index in [0.29, 0.717) is 6.42 Å². The van der Waals surface area contributed by atoms with Crippen molar-refractivity contribution in [3.8, 4) is 0 Å². The average Bonchev–Trinajstić information content (AvgIpc) is 2.33. The van der Waals surface area contributed by atoms with Gasteiger partial charge in [-0.3, -0.25) is 0 Å². The van der Waals surface area contributed by atoms with E-state index in [4.69, 9.17) is 10.8 Å². The molecule has 0 fully saturated rings. The first-order chi connectivity index (χ1) is 5.65. The molecule has 0 spiro atoms. The molecule has 1 atom stereocenters. The fraction of sp³-hybridized carbons (Fsp3) is 0.500. The van der Waals surface area contributed by atoms with Crippen molar-refractivity contribution < 1.29 is 5.11 Å². The van der Waals surface area contributed by atoms with E-state index in [2.05, 4.69) is 22.0 Å². The molecule has 1 aromatic rings. The van der Waals surface area contributed by atoms with Crippen molar-refractivity contribution in [1.29, 1.82) is 0 Å². The standard InChI is InChI=1S/C8H12BrNOS/c1-5-4-7(12-8(5)9)6(10)2-3-11/h4,6,11H,2-3,10H2,1H3/t6-/m0/s1. The van der Waals surface area contributed by atoms with E-state index in [9.17, 15) is 0 Å². The zero-order chi connectivity index (χ0) is 9.14. The third-order valence-electron chi connectivity index (χ3n) is 1.68. The lowest BCUT2D eigenvalue weighted by Crippen LogP contribution is -2.09. The number of hydrogen-bond donors (Lipinski definition) is 2. The Morgan fingerprint density at radius 2 is 2.42 bits per heavy atom. The van der Waals surface area contributed by atoms with Gasteiger partial charge in [-0.2, -0.15) is 0 Å². The minimum absolute atomic E-state index is 0.0231. The summed E-state index contributed by atoms with van der Waals surface area (Å²) in [6.07, 6.45) is 0.631. The maximum absolute atomic E-state index is 8.69. The van der Waals surface area contributed by atoms with Gasteiger partial charge in [-0.15, -0.1) is 11.3 Å². The highest BCUT2D eigenvalue weighted by molar-refractivity contribution is 9.11. The Kier molecular flexibility index (Phi) is 3.71. The number of nitrogens with two attached hydrogens (primary N) is 1. The summed E-state index contributed by atoms with van der Waals surface area (Å²) in [6.45, 7) is 2.19. The summed E-state index contributed by atoms with van der Waals surface area (Å²) in [6, 6.07) is 2.04. The largest absolute Gasteiger partial charge is 0.396 e. The van der Waals surface area contributed by atoms with E-state index in [1.807, 2.05) is 6.92 Å². The molecule has 0 bridgehead atoms. The number of aliphatic hydroxyl groups excluding tert-OH is 1. The Hall–Kier alpha value is 0.100. The van der Waals surface area contributed by atoms with Crippen LogP contribution < -0.4 is 5.73 Å². The summed E-state index contributed by atoms with van der Waals surface area (Å²) >= 11 is 5.08. The van der Waals surface area contributed by atoms with Gasteiger partial charge in [-0.25, -0.2) is 0 Å². The Morgan fingerprint density at radius 3 is 2.83 bits per heavy atom. The molecule has 0 aromatic carbocycles. The summed E-state index contributed by atoms with van der Waals surface area (Å²) < 4.78 is 1.13. The predicted octanol–water partition coefficient (Wildman–Crippen LogP) is 2.20. The lowest BCUT2D eigenvalue weighted by Gasteiger charge is -2.05. The van der Waals surface area contributed by atoms with Gasteiger partial charge in [0.1, 0.15) is 0 Å². The Bertz CT molecular complexity index is 242. The highest BCUT2D eigenvalue weighted by atomic mass is 79.9. The van der Waals surface area contributed by atoms with Crippen LogP contribution in [0.15, 0.2) is 9.85 Å². The molecule has 1 heterocycles. The van der Waals surface area contributed by atoms with Crippen molar-refractivity contribution in [3.63, 3.8) is 0 Å². The molecule has 0 radical (unpaired) electrons. The second-order valence-electron chi connectivity index (χ2n) is 2.72. The van der Waals surface area contributed by atoms with Gasteiger partial charge >= 0.3 is 0 Å². The van der Waals surface area contributed by atoms with E-state index in [0.717, 1.165) is 8.66 Å². The summed E-state index contributed by atoms with van der Waals surface area (Å²) in [7, 11) is 0. The Morgan fingerprint density at radius 1 is 1.75 bits per heavy atom. The zero-order valence-corrected chi connectivity index (χ0v) is 9.28. The van der Waals surface area contributed by atoms with Crippen LogP contribution in [0.2, 0.25) is 0 Å². The number of aryl methyl sites for hydroxylation is 1. The number of aliphatic hydroxyl groups is 1. The van der Waals surface area contributed by atoms with Gasteiger partial charge in [0.15, 0.2) is 0 Å². The van der Waals surface area contributed by atoms with Crippen LogP contribution >= 0.6 is 27.3 Å². The van der Waals surface area contributed by atoms with Crippen LogP contribution in [0.1, 0.15) is 22.9 Å². The molecule has 0 aliphatic heterocycles. The monoisotopic (exact) mass is 249 g/mol. The van der Waals surface area contributed by atoms with E-state index in [-0.39, 0.29) is 12.6 Å². The molecule has 12 heavy (non-hydrogen) atoms. The molecule has 0 saturated heterocycles. The number of halogens is 1. The highest BCUT2D eigenvalue weighted by Gasteiger charge is 2.09. The van der Waals surface area contributed by atoms with Crippen molar-refractivity contribution in [2.24, 2.45) is 5.73 Å². The van der Waals surface area contributed by atoms with Crippen molar-refractivity contribution >= 4 is 27.3 Å². The second kappa shape index (κ2) is 4.37. The molecule has 0 saturated carbocycles. The van der Waals surface area contributed by atoms with Crippen molar-refractivity contribution in [3.05, 3.63) is 20.3 Å². The fourth-order valence-corrected chi connectivity index (χ4v) is 2.55. The first kappa shape index (κ1) is 10.2. The van der Waals surface area contributed by atoms with Crippen molar-refractivity contribution in [1.82, 2.24) is 0 Å². The predicted molar refractivity (Wildman–Crippen MR) is 55.4 cm³/mol. The third kappa shape index (κ3) is 2.29. The molecular weight excluding hydrogens is 238 g/mol. The first-order valence-corrected chi connectivity index (χ1v) is 5.38. The van der Waals surface area contributed by atoms with Crippen LogP contribution in [0.5, 0.6) is 0 Å². The zero-order valence-electron chi connectivity index (χ0n) is 6.88. The van der Waals surface area contributed by atoms with E-state index in [1.54, 1.807) is 11.3 Å². The van der Waals surface area contributed by atoms with Crippen LogP contribution in [0.25, 0.3) is 0 Å². The van der Waals surface area contributed by atoms with Gasteiger partial charge < -0.3 is 10.8 Å². The van der Waals surface area contributed by atoms with Crippen LogP contribution in [0.4, 0.5) is 0 Å². The molecule has 4 heteroatoms. The van der Waals surface area contributed by atoms with Gasteiger partial charge in [-0.05, 0) is 40.9 Å². The summed E-state index contributed by atoms with van der Waals surface area (Å²) in [5.41, 5.74) is 7.03. The van der Waals surface area contributed by atoms with Gasteiger partial charge in [-0.1, -0.05) is 0 Å². The molecule has 1 aromatic heterocycles. The molecule has 0 amide bonds. The molecule has 68 valence electrons. The van der Waals surface area contributed by atoms with E-state index in [1.165, 1.54) is 5.56 Å². The molecule has 0 aliphatic carbocycles. The Balaban J connectivity index is 2.74. The molecule has 0 aliphatic rings.